The van der Waals surface area contributed by atoms with Crippen molar-refractivity contribution in [1.29, 1.82) is 0 Å². The number of amides is 3. The summed E-state index contributed by atoms with van der Waals surface area (Å²) in [5.41, 5.74) is -1.81. The van der Waals surface area contributed by atoms with Crippen molar-refractivity contribution in [1.82, 2.24) is 10.2 Å². The Kier molecular flexibility index (Phi) is 4.61. The zero-order valence-corrected chi connectivity index (χ0v) is 12.6. The summed E-state index contributed by atoms with van der Waals surface area (Å²) in [6.45, 7) is 9.54. The van der Waals surface area contributed by atoms with Crippen molar-refractivity contribution in [3.8, 4) is 0 Å². The molecule has 1 aliphatic rings. The van der Waals surface area contributed by atoms with E-state index < -0.39 is 11.1 Å². The minimum absolute atomic E-state index is 0.0234. The van der Waals surface area contributed by atoms with Crippen molar-refractivity contribution >= 4 is 11.9 Å². The van der Waals surface area contributed by atoms with Crippen LogP contribution in [0.15, 0.2) is 0 Å². The van der Waals surface area contributed by atoms with E-state index in [1.54, 1.807) is 0 Å². The molecule has 0 aliphatic carbocycles. The van der Waals surface area contributed by atoms with Crippen molar-refractivity contribution < 1.29 is 14.7 Å². The lowest BCUT2D eigenvalue weighted by Gasteiger charge is -2.32. The van der Waals surface area contributed by atoms with Gasteiger partial charge in [-0.05, 0) is 25.2 Å². The van der Waals surface area contributed by atoms with Crippen molar-refractivity contribution in [2.45, 2.75) is 65.0 Å². The molecule has 0 aromatic rings. The number of urea groups is 1. The van der Waals surface area contributed by atoms with Crippen LogP contribution in [0.4, 0.5) is 4.79 Å². The highest BCUT2D eigenvalue weighted by molar-refractivity contribution is 6.07. The number of imide groups is 1. The molecule has 1 atom stereocenters. The molecule has 110 valence electrons. The lowest BCUT2D eigenvalue weighted by atomic mass is 9.83. The SMILES string of the molecule is CCC(O)(CC)CN1C(=O)NC(CC)(C(C)C)C1=O. The first kappa shape index (κ1) is 16.0. The van der Waals surface area contributed by atoms with Gasteiger partial charge in [-0.1, -0.05) is 34.6 Å². The number of β-amino-alcohol motifs (C(OH)–C–C–N with tert-alkyl or cyclic N) is 1. The largest absolute Gasteiger partial charge is 0.388 e. The van der Waals surface area contributed by atoms with Crippen molar-refractivity contribution in [3.05, 3.63) is 0 Å². The minimum Gasteiger partial charge on any atom is -0.388 e. The molecule has 1 saturated heterocycles. The second-order valence-corrected chi connectivity index (χ2v) is 5.73. The van der Waals surface area contributed by atoms with E-state index in [0.717, 1.165) is 0 Å². The lowest BCUT2D eigenvalue weighted by Crippen LogP contribution is -2.52. The van der Waals surface area contributed by atoms with Gasteiger partial charge >= 0.3 is 6.03 Å². The molecule has 1 rings (SSSR count). The Bertz CT molecular complexity index is 364. The Morgan fingerprint density at radius 1 is 1.26 bits per heavy atom. The molecule has 3 amide bonds. The molecule has 0 spiro atoms. The molecule has 0 bridgehead atoms. The van der Waals surface area contributed by atoms with Gasteiger partial charge in [0.15, 0.2) is 0 Å². The van der Waals surface area contributed by atoms with Crippen molar-refractivity contribution in [2.75, 3.05) is 6.54 Å². The third-order valence-corrected chi connectivity index (χ3v) is 4.51. The highest BCUT2D eigenvalue weighted by Crippen LogP contribution is 2.30. The molecular formula is C14H26N2O3. The van der Waals surface area contributed by atoms with Crippen LogP contribution in [0, 0.1) is 5.92 Å². The lowest BCUT2D eigenvalue weighted by molar-refractivity contribution is -0.135. The molecule has 0 saturated carbocycles. The number of carbonyl (C=O) groups excluding carboxylic acids is 2. The maximum Gasteiger partial charge on any atom is 0.325 e. The maximum absolute atomic E-state index is 12.6. The number of hydrogen-bond acceptors (Lipinski definition) is 3. The Balaban J connectivity index is 3.00. The van der Waals surface area contributed by atoms with Gasteiger partial charge in [0.25, 0.3) is 5.91 Å². The standard InChI is InChI=1S/C14H26N2O3/c1-6-13(19,7-2)9-16-11(17)14(8-3,10(4)5)15-12(16)18/h10,19H,6-9H2,1-5H3,(H,15,18). The Hall–Kier alpha value is -1.10. The molecule has 2 N–H and O–H groups in total. The van der Waals surface area contributed by atoms with E-state index in [1.165, 1.54) is 4.90 Å². The molecule has 1 heterocycles. The van der Waals surface area contributed by atoms with E-state index in [9.17, 15) is 14.7 Å². The quantitative estimate of drug-likeness (QED) is 0.724. The average molecular weight is 270 g/mol. The van der Waals surface area contributed by atoms with Crippen LogP contribution >= 0.6 is 0 Å². The normalized spacial score (nSPS) is 24.3. The molecule has 0 aromatic heterocycles. The summed E-state index contributed by atoms with van der Waals surface area (Å²) < 4.78 is 0. The summed E-state index contributed by atoms with van der Waals surface area (Å²) >= 11 is 0. The first-order valence-corrected chi connectivity index (χ1v) is 7.12. The average Bonchev–Trinajstić information content (AvgIpc) is 2.63. The van der Waals surface area contributed by atoms with Gasteiger partial charge in [0.2, 0.25) is 0 Å². The third kappa shape index (κ3) is 2.61. The smallest absolute Gasteiger partial charge is 0.325 e. The minimum atomic E-state index is -0.992. The maximum atomic E-state index is 12.6. The molecule has 1 fully saturated rings. The number of aliphatic hydroxyl groups is 1. The Morgan fingerprint density at radius 2 is 1.79 bits per heavy atom. The van der Waals surface area contributed by atoms with Gasteiger partial charge in [-0.15, -0.1) is 0 Å². The topological polar surface area (TPSA) is 69.6 Å². The van der Waals surface area contributed by atoms with Crippen molar-refractivity contribution in [2.24, 2.45) is 5.92 Å². The summed E-state index contributed by atoms with van der Waals surface area (Å²) in [6.07, 6.45) is 1.59. The molecule has 0 radical (unpaired) electrons. The van der Waals surface area contributed by atoms with Gasteiger partial charge in [-0.3, -0.25) is 9.69 Å². The first-order valence-electron chi connectivity index (χ1n) is 7.12. The highest BCUT2D eigenvalue weighted by Gasteiger charge is 2.53. The van der Waals surface area contributed by atoms with Crippen LogP contribution in [-0.4, -0.2) is 39.6 Å². The zero-order valence-electron chi connectivity index (χ0n) is 12.6. The van der Waals surface area contributed by atoms with Gasteiger partial charge in [0, 0.05) is 0 Å². The van der Waals surface area contributed by atoms with E-state index in [-0.39, 0.29) is 24.4 Å². The van der Waals surface area contributed by atoms with E-state index in [4.69, 9.17) is 0 Å². The fourth-order valence-corrected chi connectivity index (χ4v) is 2.60. The van der Waals surface area contributed by atoms with E-state index in [1.807, 2.05) is 34.6 Å². The predicted molar refractivity (Wildman–Crippen MR) is 73.6 cm³/mol. The molecule has 1 aliphatic heterocycles. The molecule has 19 heavy (non-hydrogen) atoms. The predicted octanol–water partition coefficient (Wildman–Crippen LogP) is 1.89. The fraction of sp³-hybridized carbons (Fsp3) is 0.857. The summed E-state index contributed by atoms with van der Waals surface area (Å²) in [5, 5.41) is 13.1. The van der Waals surface area contributed by atoms with Crippen molar-refractivity contribution in [3.63, 3.8) is 0 Å². The van der Waals surface area contributed by atoms with Gasteiger partial charge < -0.3 is 10.4 Å². The monoisotopic (exact) mass is 270 g/mol. The van der Waals surface area contributed by atoms with Crippen LogP contribution in [0.5, 0.6) is 0 Å². The van der Waals surface area contributed by atoms with Crippen LogP contribution in [0.3, 0.4) is 0 Å². The second-order valence-electron chi connectivity index (χ2n) is 5.73. The van der Waals surface area contributed by atoms with Crippen LogP contribution < -0.4 is 5.32 Å². The number of carbonyl (C=O) groups is 2. The van der Waals surface area contributed by atoms with Gasteiger partial charge in [0.1, 0.15) is 5.54 Å². The number of rotatable bonds is 6. The molecular weight excluding hydrogens is 244 g/mol. The van der Waals surface area contributed by atoms with Crippen LogP contribution in [-0.2, 0) is 4.79 Å². The summed E-state index contributed by atoms with van der Waals surface area (Å²) in [4.78, 5) is 25.8. The molecule has 1 unspecified atom stereocenters. The molecule has 0 aromatic carbocycles. The fourth-order valence-electron chi connectivity index (χ4n) is 2.60. The van der Waals surface area contributed by atoms with E-state index in [0.29, 0.717) is 19.3 Å². The van der Waals surface area contributed by atoms with Crippen LogP contribution in [0.25, 0.3) is 0 Å². The van der Waals surface area contributed by atoms with Gasteiger partial charge in [0.05, 0.1) is 12.1 Å². The number of nitrogens with one attached hydrogen (secondary N) is 1. The number of nitrogens with zero attached hydrogens (tertiary/aromatic N) is 1. The summed E-state index contributed by atoms with van der Waals surface area (Å²) in [5.74, 6) is -0.189. The summed E-state index contributed by atoms with van der Waals surface area (Å²) in [7, 11) is 0. The van der Waals surface area contributed by atoms with Gasteiger partial charge in [-0.25, -0.2) is 4.79 Å². The second kappa shape index (κ2) is 5.49. The Labute approximate surface area is 115 Å². The Morgan fingerprint density at radius 3 is 2.11 bits per heavy atom. The number of hydrogen-bond donors (Lipinski definition) is 2. The zero-order chi connectivity index (χ0) is 14.8. The van der Waals surface area contributed by atoms with Crippen LogP contribution in [0.2, 0.25) is 0 Å². The molecule has 5 heteroatoms. The molecule has 5 nitrogen and oxygen atoms in total. The third-order valence-electron chi connectivity index (χ3n) is 4.51. The first-order chi connectivity index (χ1) is 8.76. The van der Waals surface area contributed by atoms with E-state index in [2.05, 4.69) is 5.32 Å². The summed E-state index contributed by atoms with van der Waals surface area (Å²) in [6, 6.07) is -0.388. The van der Waals surface area contributed by atoms with Crippen LogP contribution in [0.1, 0.15) is 53.9 Å². The van der Waals surface area contributed by atoms with E-state index >= 15 is 0 Å². The van der Waals surface area contributed by atoms with Gasteiger partial charge in [-0.2, -0.15) is 0 Å². The highest BCUT2D eigenvalue weighted by atomic mass is 16.3.